The fourth-order valence-electron chi connectivity index (χ4n) is 1.76. The summed E-state index contributed by atoms with van der Waals surface area (Å²) in [6.07, 6.45) is 2.71. The van der Waals surface area contributed by atoms with Crippen LogP contribution in [0.1, 0.15) is 5.69 Å². The van der Waals surface area contributed by atoms with Crippen LogP contribution in [0, 0.1) is 0 Å². The number of hydrogen-bond donors (Lipinski definition) is 1. The summed E-state index contributed by atoms with van der Waals surface area (Å²) in [6, 6.07) is 9.86. The van der Waals surface area contributed by atoms with Gasteiger partial charge in [0.15, 0.2) is 5.13 Å². The molecule has 0 fully saturated rings. The van der Waals surface area contributed by atoms with Crippen LogP contribution in [0.4, 0.5) is 5.13 Å². The highest BCUT2D eigenvalue weighted by Crippen LogP contribution is 2.32. The second-order valence-electron chi connectivity index (χ2n) is 4.14. The Kier molecular flexibility index (Phi) is 4.30. The molecular formula is C14H12ClN3S2. The number of anilines is 1. The molecule has 0 aromatic carbocycles. The normalized spacial score (nSPS) is 10.7. The molecule has 20 heavy (non-hydrogen) atoms. The monoisotopic (exact) mass is 321 g/mol. The van der Waals surface area contributed by atoms with Crippen molar-refractivity contribution in [1.29, 1.82) is 0 Å². The maximum Gasteiger partial charge on any atom is 0.183 e. The molecule has 102 valence electrons. The zero-order valence-corrected chi connectivity index (χ0v) is 12.9. The van der Waals surface area contributed by atoms with Crippen LogP contribution in [-0.2, 0) is 6.42 Å². The number of pyridine rings is 1. The molecular weight excluding hydrogens is 310 g/mol. The molecule has 6 heteroatoms. The molecule has 0 amide bonds. The highest BCUT2D eigenvalue weighted by Gasteiger charge is 2.06. The van der Waals surface area contributed by atoms with Crippen molar-refractivity contribution >= 4 is 39.4 Å². The van der Waals surface area contributed by atoms with Gasteiger partial charge in [-0.15, -0.1) is 22.7 Å². The van der Waals surface area contributed by atoms with Crippen molar-refractivity contribution in [1.82, 2.24) is 9.97 Å². The van der Waals surface area contributed by atoms with Crippen LogP contribution in [0.15, 0.2) is 41.9 Å². The van der Waals surface area contributed by atoms with Gasteiger partial charge in [-0.2, -0.15) is 0 Å². The zero-order valence-electron chi connectivity index (χ0n) is 10.5. The summed E-state index contributed by atoms with van der Waals surface area (Å²) in [4.78, 5) is 9.96. The van der Waals surface area contributed by atoms with Gasteiger partial charge in [0.2, 0.25) is 0 Å². The van der Waals surface area contributed by atoms with Crippen LogP contribution in [0.5, 0.6) is 0 Å². The minimum atomic E-state index is 0.790. The van der Waals surface area contributed by atoms with Crippen LogP contribution < -0.4 is 5.32 Å². The van der Waals surface area contributed by atoms with E-state index in [0.29, 0.717) is 0 Å². The molecule has 3 heterocycles. The molecule has 0 saturated carbocycles. The maximum absolute atomic E-state index is 5.94. The molecule has 0 spiro atoms. The molecule has 3 rings (SSSR count). The number of nitrogens with zero attached hydrogens (tertiary/aromatic N) is 2. The quantitative estimate of drug-likeness (QED) is 0.747. The topological polar surface area (TPSA) is 37.8 Å². The number of thiophene rings is 1. The van der Waals surface area contributed by atoms with E-state index < -0.39 is 0 Å². The highest BCUT2D eigenvalue weighted by molar-refractivity contribution is 7.20. The lowest BCUT2D eigenvalue weighted by Gasteiger charge is -2.01. The summed E-state index contributed by atoms with van der Waals surface area (Å²) < 4.78 is 0.790. The van der Waals surface area contributed by atoms with Crippen molar-refractivity contribution in [3.8, 4) is 10.6 Å². The predicted molar refractivity (Wildman–Crippen MR) is 86.9 cm³/mol. The Morgan fingerprint density at radius 1 is 1.20 bits per heavy atom. The Morgan fingerprint density at radius 2 is 2.15 bits per heavy atom. The summed E-state index contributed by atoms with van der Waals surface area (Å²) in [5.74, 6) is 0. The van der Waals surface area contributed by atoms with Gasteiger partial charge in [-0.1, -0.05) is 17.7 Å². The SMILES string of the molecule is Clc1ccc(-c2csc(NCCc3ccccn3)n2)s1. The van der Waals surface area contributed by atoms with E-state index in [1.54, 1.807) is 22.7 Å². The first-order valence-corrected chi connectivity index (χ1v) is 8.24. The second kappa shape index (κ2) is 6.35. The summed E-state index contributed by atoms with van der Waals surface area (Å²) in [5.41, 5.74) is 2.06. The van der Waals surface area contributed by atoms with E-state index in [2.05, 4.69) is 15.3 Å². The molecule has 0 radical (unpaired) electrons. The number of hydrogen-bond acceptors (Lipinski definition) is 5. The van der Waals surface area contributed by atoms with Crippen LogP contribution >= 0.6 is 34.3 Å². The number of rotatable bonds is 5. The Hall–Kier alpha value is -1.43. The third-order valence-electron chi connectivity index (χ3n) is 2.71. The lowest BCUT2D eigenvalue weighted by Crippen LogP contribution is -2.05. The molecule has 0 saturated heterocycles. The van der Waals surface area contributed by atoms with E-state index in [-0.39, 0.29) is 0 Å². The molecule has 0 unspecified atom stereocenters. The van der Waals surface area contributed by atoms with E-state index >= 15 is 0 Å². The van der Waals surface area contributed by atoms with Crippen LogP contribution in [0.25, 0.3) is 10.6 Å². The van der Waals surface area contributed by atoms with Gasteiger partial charge in [-0.05, 0) is 24.3 Å². The summed E-state index contributed by atoms with van der Waals surface area (Å²) in [6.45, 7) is 0.829. The Labute approximate surface area is 130 Å². The lowest BCUT2D eigenvalue weighted by molar-refractivity contribution is 0.959. The summed E-state index contributed by atoms with van der Waals surface area (Å²) in [5, 5.41) is 6.31. The second-order valence-corrected chi connectivity index (χ2v) is 6.71. The van der Waals surface area contributed by atoms with Gasteiger partial charge >= 0.3 is 0 Å². The van der Waals surface area contributed by atoms with Gasteiger partial charge in [-0.3, -0.25) is 4.98 Å². The molecule has 0 aliphatic rings. The van der Waals surface area contributed by atoms with Gasteiger partial charge in [0.25, 0.3) is 0 Å². The van der Waals surface area contributed by atoms with Gasteiger partial charge < -0.3 is 5.32 Å². The molecule has 1 N–H and O–H groups in total. The van der Waals surface area contributed by atoms with E-state index in [1.807, 2.05) is 41.9 Å². The minimum absolute atomic E-state index is 0.790. The van der Waals surface area contributed by atoms with Crippen molar-refractivity contribution in [3.63, 3.8) is 0 Å². The number of aromatic nitrogens is 2. The standard InChI is InChI=1S/C14H12ClN3S2/c15-13-5-4-12(20-13)11-9-19-14(18-11)17-8-6-10-3-1-2-7-16-10/h1-5,7,9H,6,8H2,(H,17,18). The van der Waals surface area contributed by atoms with Crippen LogP contribution in [0.3, 0.4) is 0 Å². The molecule has 3 nitrogen and oxygen atoms in total. The largest absolute Gasteiger partial charge is 0.361 e. The highest BCUT2D eigenvalue weighted by atomic mass is 35.5. The number of nitrogens with one attached hydrogen (secondary N) is 1. The average Bonchev–Trinajstić information content (AvgIpc) is 3.09. The molecule has 0 bridgehead atoms. The van der Waals surface area contributed by atoms with Crippen molar-refractivity contribution in [2.45, 2.75) is 6.42 Å². The van der Waals surface area contributed by atoms with Gasteiger partial charge in [-0.25, -0.2) is 4.98 Å². The molecule has 3 aromatic heterocycles. The smallest absolute Gasteiger partial charge is 0.183 e. The van der Waals surface area contributed by atoms with Crippen molar-refractivity contribution in [2.75, 3.05) is 11.9 Å². The Balaban J connectivity index is 1.58. The first kappa shape index (κ1) is 13.5. The molecule has 3 aromatic rings. The fraction of sp³-hybridized carbons (Fsp3) is 0.143. The van der Waals surface area contributed by atoms with Crippen molar-refractivity contribution in [2.24, 2.45) is 0 Å². The third-order valence-corrected chi connectivity index (χ3v) is 4.77. The van der Waals surface area contributed by atoms with Crippen LogP contribution in [0.2, 0.25) is 4.34 Å². The first-order valence-electron chi connectivity index (χ1n) is 6.16. The Bertz CT molecular complexity index is 679. The van der Waals surface area contributed by atoms with E-state index in [9.17, 15) is 0 Å². The molecule has 0 atom stereocenters. The maximum atomic E-state index is 5.94. The van der Waals surface area contributed by atoms with Gasteiger partial charge in [0.05, 0.1) is 14.9 Å². The average molecular weight is 322 g/mol. The summed E-state index contributed by atoms with van der Waals surface area (Å²) in [7, 11) is 0. The third kappa shape index (κ3) is 3.36. The fourth-order valence-corrected chi connectivity index (χ4v) is 3.58. The number of thiazole rings is 1. The molecule has 0 aliphatic carbocycles. The minimum Gasteiger partial charge on any atom is -0.361 e. The number of halogens is 1. The zero-order chi connectivity index (χ0) is 13.8. The lowest BCUT2D eigenvalue weighted by atomic mass is 10.3. The van der Waals surface area contributed by atoms with Crippen LogP contribution in [-0.4, -0.2) is 16.5 Å². The van der Waals surface area contributed by atoms with E-state index in [1.165, 1.54) is 0 Å². The van der Waals surface area contributed by atoms with E-state index in [4.69, 9.17) is 11.6 Å². The van der Waals surface area contributed by atoms with Crippen molar-refractivity contribution < 1.29 is 0 Å². The van der Waals surface area contributed by atoms with Crippen molar-refractivity contribution in [3.05, 3.63) is 51.9 Å². The Morgan fingerprint density at radius 3 is 2.90 bits per heavy atom. The van der Waals surface area contributed by atoms with Gasteiger partial charge in [0, 0.05) is 30.2 Å². The predicted octanol–water partition coefficient (Wildman–Crippen LogP) is 4.57. The molecule has 0 aliphatic heterocycles. The first-order chi connectivity index (χ1) is 9.81. The summed E-state index contributed by atoms with van der Waals surface area (Å²) >= 11 is 9.10. The van der Waals surface area contributed by atoms with E-state index in [0.717, 1.165) is 38.7 Å². The van der Waals surface area contributed by atoms with Gasteiger partial charge in [0.1, 0.15) is 0 Å².